The first-order valence-corrected chi connectivity index (χ1v) is 9.98. The van der Waals surface area contributed by atoms with Gasteiger partial charge >= 0.3 is 0 Å². The second-order valence-corrected chi connectivity index (χ2v) is 8.20. The summed E-state index contributed by atoms with van der Waals surface area (Å²) in [5, 5.41) is 0.331. The summed E-state index contributed by atoms with van der Waals surface area (Å²) in [7, 11) is -1.69. The molecule has 2 rings (SSSR count). The number of carbonyl (C=O) groups is 1. The molecule has 1 aliphatic rings. The molecule has 1 saturated heterocycles. The Morgan fingerprint density at radius 3 is 2.46 bits per heavy atom. The first-order chi connectivity index (χ1) is 11.4. The van der Waals surface area contributed by atoms with Gasteiger partial charge in [-0.25, -0.2) is 8.42 Å². The molecule has 1 amide bonds. The van der Waals surface area contributed by atoms with Gasteiger partial charge in [-0.3, -0.25) is 4.79 Å². The maximum atomic E-state index is 12.6. The van der Waals surface area contributed by atoms with Gasteiger partial charge < -0.3 is 9.64 Å². The number of benzene rings is 1. The van der Waals surface area contributed by atoms with Crippen LogP contribution in [0.5, 0.6) is 5.75 Å². The Balaban J connectivity index is 2.00. The molecule has 134 valence electrons. The van der Waals surface area contributed by atoms with Crippen molar-refractivity contribution in [3.05, 3.63) is 28.8 Å². The Labute approximate surface area is 148 Å². The zero-order chi connectivity index (χ0) is 17.7. The van der Waals surface area contributed by atoms with Crippen LogP contribution in [0, 0.1) is 0 Å². The summed E-state index contributed by atoms with van der Waals surface area (Å²) in [4.78, 5) is 14.2. The molecule has 0 aromatic heterocycles. The number of unbranched alkanes of at least 4 members (excludes halogenated alkanes) is 1. The highest BCUT2D eigenvalue weighted by atomic mass is 35.5. The predicted octanol–water partition coefficient (Wildman–Crippen LogP) is 2.24. The van der Waals surface area contributed by atoms with Crippen LogP contribution in [-0.2, 0) is 10.0 Å². The zero-order valence-corrected chi connectivity index (χ0v) is 15.6. The molecular weight excluding hydrogens is 352 g/mol. The molecule has 0 N–H and O–H groups in total. The van der Waals surface area contributed by atoms with Gasteiger partial charge in [-0.15, -0.1) is 0 Å². The Morgan fingerprint density at radius 1 is 1.25 bits per heavy atom. The number of hydrogen-bond donors (Lipinski definition) is 0. The lowest BCUT2D eigenvalue weighted by molar-refractivity contribution is 0.0698. The standard InChI is InChI=1S/C16H23ClN2O4S/c1-3-4-11-24(21,22)19-9-7-18(8-10-19)16(20)14-6-5-13(23-2)12-15(14)17/h5-6,12H,3-4,7-11H2,1-2H3. The highest BCUT2D eigenvalue weighted by Crippen LogP contribution is 2.24. The van der Waals surface area contributed by atoms with Crippen LogP contribution >= 0.6 is 11.6 Å². The maximum Gasteiger partial charge on any atom is 0.255 e. The minimum Gasteiger partial charge on any atom is -0.497 e. The van der Waals surface area contributed by atoms with Gasteiger partial charge in [0.15, 0.2) is 0 Å². The number of sulfonamides is 1. The molecule has 0 saturated carbocycles. The topological polar surface area (TPSA) is 66.9 Å². The minimum absolute atomic E-state index is 0.168. The monoisotopic (exact) mass is 374 g/mol. The Kier molecular flexibility index (Phi) is 6.48. The molecule has 1 heterocycles. The predicted molar refractivity (Wildman–Crippen MR) is 94.2 cm³/mol. The van der Waals surface area contributed by atoms with Gasteiger partial charge in [0.1, 0.15) is 5.75 Å². The summed E-state index contributed by atoms with van der Waals surface area (Å²) in [6.45, 7) is 3.35. The highest BCUT2D eigenvalue weighted by molar-refractivity contribution is 7.89. The van der Waals surface area contributed by atoms with Crippen LogP contribution in [0.4, 0.5) is 0 Å². The number of piperazine rings is 1. The molecule has 8 heteroatoms. The van der Waals surface area contributed by atoms with E-state index in [-0.39, 0.29) is 11.7 Å². The SMILES string of the molecule is CCCCS(=O)(=O)N1CCN(C(=O)c2ccc(OC)cc2Cl)CC1. The van der Waals surface area contributed by atoms with E-state index in [1.54, 1.807) is 23.1 Å². The lowest BCUT2D eigenvalue weighted by atomic mass is 10.1. The molecule has 6 nitrogen and oxygen atoms in total. The molecule has 1 aromatic rings. The van der Waals surface area contributed by atoms with E-state index < -0.39 is 10.0 Å². The van der Waals surface area contributed by atoms with Gasteiger partial charge in [0.25, 0.3) is 5.91 Å². The lowest BCUT2D eigenvalue weighted by Gasteiger charge is -2.34. The van der Waals surface area contributed by atoms with Crippen LogP contribution < -0.4 is 4.74 Å². The fourth-order valence-corrected chi connectivity index (χ4v) is 4.47. The van der Waals surface area contributed by atoms with E-state index in [9.17, 15) is 13.2 Å². The van der Waals surface area contributed by atoms with E-state index in [0.29, 0.717) is 48.9 Å². The van der Waals surface area contributed by atoms with Crippen molar-refractivity contribution in [3.8, 4) is 5.75 Å². The highest BCUT2D eigenvalue weighted by Gasteiger charge is 2.29. The van der Waals surface area contributed by atoms with E-state index in [4.69, 9.17) is 16.3 Å². The summed E-state index contributed by atoms with van der Waals surface area (Å²) in [5.41, 5.74) is 0.403. The van der Waals surface area contributed by atoms with Crippen molar-refractivity contribution in [1.29, 1.82) is 0 Å². The maximum absolute atomic E-state index is 12.6. The summed E-state index contributed by atoms with van der Waals surface area (Å²) in [6.07, 6.45) is 1.50. The average molecular weight is 375 g/mol. The summed E-state index contributed by atoms with van der Waals surface area (Å²) in [5.74, 6) is 0.568. The van der Waals surface area contributed by atoms with Crippen molar-refractivity contribution in [2.45, 2.75) is 19.8 Å². The minimum atomic E-state index is -3.22. The normalized spacial score (nSPS) is 16.2. The van der Waals surface area contributed by atoms with E-state index in [1.807, 2.05) is 6.92 Å². The van der Waals surface area contributed by atoms with E-state index in [0.717, 1.165) is 6.42 Å². The van der Waals surface area contributed by atoms with Gasteiger partial charge in [0.2, 0.25) is 10.0 Å². The number of nitrogens with zero attached hydrogens (tertiary/aromatic N) is 2. The second-order valence-electron chi connectivity index (χ2n) is 5.71. The van der Waals surface area contributed by atoms with Crippen molar-refractivity contribution >= 4 is 27.5 Å². The van der Waals surface area contributed by atoms with Gasteiger partial charge in [0.05, 0.1) is 23.4 Å². The van der Waals surface area contributed by atoms with E-state index >= 15 is 0 Å². The van der Waals surface area contributed by atoms with Gasteiger partial charge in [0, 0.05) is 26.2 Å². The van der Waals surface area contributed by atoms with Crippen molar-refractivity contribution in [1.82, 2.24) is 9.21 Å². The molecule has 0 radical (unpaired) electrons. The molecule has 0 aliphatic carbocycles. The molecule has 0 bridgehead atoms. The third-order valence-corrected chi connectivity index (χ3v) is 6.35. The van der Waals surface area contributed by atoms with Crippen LogP contribution in [0.15, 0.2) is 18.2 Å². The van der Waals surface area contributed by atoms with Gasteiger partial charge in [-0.05, 0) is 24.6 Å². The van der Waals surface area contributed by atoms with Crippen LogP contribution in [0.25, 0.3) is 0 Å². The number of hydrogen-bond acceptors (Lipinski definition) is 4. The van der Waals surface area contributed by atoms with Crippen LogP contribution in [0.2, 0.25) is 5.02 Å². The molecule has 24 heavy (non-hydrogen) atoms. The van der Waals surface area contributed by atoms with Crippen LogP contribution in [0.1, 0.15) is 30.1 Å². The van der Waals surface area contributed by atoms with E-state index in [2.05, 4.69) is 0 Å². The van der Waals surface area contributed by atoms with Crippen molar-refractivity contribution < 1.29 is 17.9 Å². The first-order valence-electron chi connectivity index (χ1n) is 7.99. The number of carbonyl (C=O) groups excluding carboxylic acids is 1. The third-order valence-electron chi connectivity index (χ3n) is 4.08. The van der Waals surface area contributed by atoms with Gasteiger partial charge in [-0.2, -0.15) is 4.31 Å². The smallest absolute Gasteiger partial charge is 0.255 e. The molecule has 1 fully saturated rings. The fraction of sp³-hybridized carbons (Fsp3) is 0.562. The Morgan fingerprint density at radius 2 is 1.92 bits per heavy atom. The summed E-state index contributed by atoms with van der Waals surface area (Å²) < 4.78 is 31.0. The number of rotatable bonds is 6. The number of halogens is 1. The Bertz CT molecular complexity index is 685. The van der Waals surface area contributed by atoms with Crippen molar-refractivity contribution in [2.75, 3.05) is 39.0 Å². The number of ether oxygens (including phenoxy) is 1. The fourth-order valence-electron chi connectivity index (χ4n) is 2.59. The summed E-state index contributed by atoms with van der Waals surface area (Å²) in [6, 6.07) is 4.92. The molecule has 0 unspecified atom stereocenters. The van der Waals surface area contributed by atoms with E-state index in [1.165, 1.54) is 11.4 Å². The molecule has 1 aromatic carbocycles. The summed E-state index contributed by atoms with van der Waals surface area (Å²) >= 11 is 6.15. The average Bonchev–Trinajstić information content (AvgIpc) is 2.59. The molecule has 1 aliphatic heterocycles. The first kappa shape index (κ1) is 19.0. The number of amides is 1. The van der Waals surface area contributed by atoms with Gasteiger partial charge in [-0.1, -0.05) is 24.9 Å². The quantitative estimate of drug-likeness (QED) is 0.765. The van der Waals surface area contributed by atoms with Crippen molar-refractivity contribution in [3.63, 3.8) is 0 Å². The second kappa shape index (κ2) is 8.18. The van der Waals surface area contributed by atoms with Crippen LogP contribution in [0.3, 0.4) is 0 Å². The van der Waals surface area contributed by atoms with Crippen LogP contribution in [-0.4, -0.2) is 62.6 Å². The largest absolute Gasteiger partial charge is 0.497 e. The lowest BCUT2D eigenvalue weighted by Crippen LogP contribution is -2.51. The van der Waals surface area contributed by atoms with Crippen molar-refractivity contribution in [2.24, 2.45) is 0 Å². The molecule has 0 spiro atoms. The third kappa shape index (κ3) is 4.40. The molecular formula is C16H23ClN2O4S. The zero-order valence-electron chi connectivity index (χ0n) is 14.0. The Hall–Kier alpha value is -1.31. The number of methoxy groups -OCH3 is 1. The molecule has 0 atom stereocenters.